The lowest BCUT2D eigenvalue weighted by atomic mass is 9.97. The molecule has 1 heterocycles. The van der Waals surface area contributed by atoms with Gasteiger partial charge < -0.3 is 15.2 Å². The van der Waals surface area contributed by atoms with E-state index in [1.807, 2.05) is 30.3 Å². The summed E-state index contributed by atoms with van der Waals surface area (Å²) in [7, 11) is -2.39. The smallest absolute Gasteiger partial charge is 0.341 e. The summed E-state index contributed by atoms with van der Waals surface area (Å²) in [6.07, 6.45) is 2.24. The van der Waals surface area contributed by atoms with E-state index in [1.54, 1.807) is 6.08 Å². The van der Waals surface area contributed by atoms with Gasteiger partial charge in [-0.1, -0.05) is 36.4 Å². The van der Waals surface area contributed by atoms with Gasteiger partial charge in [-0.05, 0) is 36.6 Å². The number of nitrogens with zero attached hydrogens (tertiary/aromatic N) is 1. The first-order valence-corrected chi connectivity index (χ1v) is 11.3. The third kappa shape index (κ3) is 5.50. The molecule has 0 unspecified atom stereocenters. The van der Waals surface area contributed by atoms with Crippen LogP contribution in [0.3, 0.4) is 0 Å². The molecule has 3 rings (SSSR count). The first-order valence-electron chi connectivity index (χ1n) is 9.76. The van der Waals surface area contributed by atoms with Crippen LogP contribution in [0, 0.1) is 5.92 Å². The summed E-state index contributed by atoms with van der Waals surface area (Å²) in [6, 6.07) is 13.5. The van der Waals surface area contributed by atoms with Gasteiger partial charge in [0, 0.05) is 24.4 Å². The van der Waals surface area contributed by atoms with Crippen LogP contribution < -0.4 is 5.32 Å². The molecule has 1 fully saturated rings. The molecule has 1 saturated heterocycles. The fourth-order valence-electron chi connectivity index (χ4n) is 3.34. The van der Waals surface area contributed by atoms with Gasteiger partial charge in [-0.2, -0.15) is 4.31 Å². The molecule has 9 heteroatoms. The highest BCUT2D eigenvalue weighted by Gasteiger charge is 2.30. The molecular formula is C22H24N2O6S. The third-order valence-corrected chi connectivity index (χ3v) is 6.68. The Bertz CT molecular complexity index is 1070. The number of phenols is 1. The maximum Gasteiger partial charge on any atom is 0.341 e. The van der Waals surface area contributed by atoms with Crippen LogP contribution in [-0.2, 0) is 19.6 Å². The molecule has 0 spiro atoms. The number of rotatable bonds is 6. The number of methoxy groups -OCH3 is 1. The van der Waals surface area contributed by atoms with E-state index in [4.69, 9.17) is 0 Å². The second-order valence-electron chi connectivity index (χ2n) is 7.11. The number of anilines is 1. The fraction of sp³-hybridized carbons (Fsp3) is 0.273. The lowest BCUT2D eigenvalue weighted by Crippen LogP contribution is -2.40. The Morgan fingerprint density at radius 2 is 1.77 bits per heavy atom. The summed E-state index contributed by atoms with van der Waals surface area (Å²) in [5, 5.41) is 14.0. The molecule has 0 aromatic heterocycles. The van der Waals surface area contributed by atoms with Gasteiger partial charge >= 0.3 is 5.97 Å². The first kappa shape index (κ1) is 22.5. The first-order chi connectivity index (χ1) is 14.8. The van der Waals surface area contributed by atoms with Crippen molar-refractivity contribution >= 4 is 33.7 Å². The van der Waals surface area contributed by atoms with Gasteiger partial charge in [-0.3, -0.25) is 4.79 Å². The van der Waals surface area contributed by atoms with Gasteiger partial charge in [-0.25, -0.2) is 13.2 Å². The average molecular weight is 445 g/mol. The van der Waals surface area contributed by atoms with E-state index in [9.17, 15) is 23.1 Å². The highest BCUT2D eigenvalue weighted by Crippen LogP contribution is 2.29. The minimum Gasteiger partial charge on any atom is -0.505 e. The summed E-state index contributed by atoms with van der Waals surface area (Å²) >= 11 is 0. The van der Waals surface area contributed by atoms with Gasteiger partial charge in [0.2, 0.25) is 15.9 Å². The number of piperidine rings is 1. The number of amides is 1. The van der Waals surface area contributed by atoms with Crippen molar-refractivity contribution in [2.45, 2.75) is 12.8 Å². The summed E-state index contributed by atoms with van der Waals surface area (Å²) < 4.78 is 31.1. The number of nitrogens with one attached hydrogen (secondary N) is 1. The Balaban J connectivity index is 1.60. The predicted octanol–water partition coefficient (Wildman–Crippen LogP) is 2.83. The van der Waals surface area contributed by atoms with Crippen molar-refractivity contribution < 1.29 is 27.9 Å². The number of carbonyl (C=O) groups excluding carboxylic acids is 2. The maximum absolute atomic E-state index is 12.6. The zero-order chi connectivity index (χ0) is 22.4. The van der Waals surface area contributed by atoms with Gasteiger partial charge in [-0.15, -0.1) is 0 Å². The molecular weight excluding hydrogens is 420 g/mol. The van der Waals surface area contributed by atoms with Gasteiger partial charge in [0.05, 0.1) is 12.8 Å². The summed E-state index contributed by atoms with van der Waals surface area (Å²) in [5.74, 6) is -1.83. The van der Waals surface area contributed by atoms with Gasteiger partial charge in [0.1, 0.15) is 5.56 Å². The Morgan fingerprint density at radius 3 is 2.42 bits per heavy atom. The number of carbonyl (C=O) groups is 2. The minimum absolute atomic E-state index is 0.0496. The number of hydrogen-bond acceptors (Lipinski definition) is 6. The zero-order valence-electron chi connectivity index (χ0n) is 17.0. The van der Waals surface area contributed by atoms with Crippen molar-refractivity contribution in [1.29, 1.82) is 0 Å². The Labute approximate surface area is 181 Å². The highest BCUT2D eigenvalue weighted by atomic mass is 32.2. The molecule has 31 heavy (non-hydrogen) atoms. The highest BCUT2D eigenvalue weighted by molar-refractivity contribution is 7.92. The molecule has 1 aliphatic heterocycles. The number of phenolic OH excluding ortho intramolecular Hbond substituents is 1. The van der Waals surface area contributed by atoms with Crippen molar-refractivity contribution in [3.8, 4) is 5.75 Å². The Morgan fingerprint density at radius 1 is 1.10 bits per heavy atom. The van der Waals surface area contributed by atoms with Crippen molar-refractivity contribution in [2.75, 3.05) is 25.5 Å². The van der Waals surface area contributed by atoms with E-state index < -0.39 is 21.9 Å². The number of esters is 1. The SMILES string of the molecule is COC(=O)c1cccc(NC(=O)C2CCN(S(=O)(=O)/C=C/c3ccccc3)CC2)c1O. The second-order valence-corrected chi connectivity index (χ2v) is 8.93. The summed E-state index contributed by atoms with van der Waals surface area (Å²) in [6.45, 7) is 0.432. The quantitative estimate of drug-likeness (QED) is 0.523. The van der Waals surface area contributed by atoms with E-state index >= 15 is 0 Å². The lowest BCUT2D eigenvalue weighted by molar-refractivity contribution is -0.120. The molecule has 164 valence electrons. The monoisotopic (exact) mass is 444 g/mol. The third-order valence-electron chi connectivity index (χ3n) is 5.12. The van der Waals surface area contributed by atoms with E-state index in [0.717, 1.165) is 5.56 Å². The van der Waals surface area contributed by atoms with Gasteiger partial charge in [0.25, 0.3) is 0 Å². The lowest BCUT2D eigenvalue weighted by Gasteiger charge is -2.29. The van der Waals surface area contributed by atoms with Crippen LogP contribution in [0.2, 0.25) is 0 Å². The number of benzene rings is 2. The normalized spacial score (nSPS) is 15.6. The molecule has 0 radical (unpaired) electrons. The summed E-state index contributed by atoms with van der Waals surface area (Å²) in [5.41, 5.74) is 0.842. The van der Waals surface area contributed by atoms with E-state index in [1.165, 1.54) is 35.0 Å². The molecule has 1 aliphatic rings. The fourth-order valence-corrected chi connectivity index (χ4v) is 4.56. The van der Waals surface area contributed by atoms with Gasteiger partial charge in [0.15, 0.2) is 5.75 Å². The number of sulfonamides is 1. The van der Waals surface area contributed by atoms with E-state index in [-0.39, 0.29) is 36.0 Å². The Kier molecular flexibility index (Phi) is 7.09. The van der Waals surface area contributed by atoms with Crippen LogP contribution in [-0.4, -0.2) is 49.9 Å². The van der Waals surface area contributed by atoms with Crippen molar-refractivity contribution in [3.63, 3.8) is 0 Å². The standard InChI is InChI=1S/C22H24N2O6S/c1-30-22(27)18-8-5-9-19(20(18)25)23-21(26)17-10-13-24(14-11-17)31(28,29)15-12-16-6-3-2-4-7-16/h2-9,12,15,17,25H,10-11,13-14H2,1H3,(H,23,26)/b15-12+. The van der Waals surface area contributed by atoms with Crippen LogP contribution in [0.4, 0.5) is 5.69 Å². The van der Waals surface area contributed by atoms with Crippen molar-refractivity contribution in [1.82, 2.24) is 4.31 Å². The molecule has 2 aromatic rings. The largest absolute Gasteiger partial charge is 0.505 e. The predicted molar refractivity (Wildman–Crippen MR) is 117 cm³/mol. The zero-order valence-corrected chi connectivity index (χ0v) is 17.8. The maximum atomic E-state index is 12.6. The van der Waals surface area contributed by atoms with Crippen LogP contribution in [0.1, 0.15) is 28.8 Å². The van der Waals surface area contributed by atoms with Crippen LogP contribution in [0.15, 0.2) is 53.9 Å². The van der Waals surface area contributed by atoms with E-state index in [2.05, 4.69) is 10.1 Å². The second kappa shape index (κ2) is 9.76. The molecule has 0 atom stereocenters. The number of hydrogen-bond donors (Lipinski definition) is 2. The van der Waals surface area contributed by atoms with Crippen molar-refractivity contribution in [2.24, 2.45) is 5.92 Å². The molecule has 0 bridgehead atoms. The molecule has 0 saturated carbocycles. The number of ether oxygens (including phenoxy) is 1. The summed E-state index contributed by atoms with van der Waals surface area (Å²) in [4.78, 5) is 24.3. The van der Waals surface area contributed by atoms with E-state index in [0.29, 0.717) is 12.8 Å². The Hall–Kier alpha value is -3.17. The minimum atomic E-state index is -3.58. The average Bonchev–Trinajstić information content (AvgIpc) is 2.79. The molecule has 2 N–H and O–H groups in total. The molecule has 0 aliphatic carbocycles. The molecule has 1 amide bonds. The number of para-hydroxylation sites is 1. The van der Waals surface area contributed by atoms with Crippen molar-refractivity contribution in [3.05, 3.63) is 65.1 Å². The topological polar surface area (TPSA) is 113 Å². The van der Waals surface area contributed by atoms with Crippen LogP contribution >= 0.6 is 0 Å². The number of aromatic hydroxyl groups is 1. The van der Waals surface area contributed by atoms with Crippen LogP contribution in [0.5, 0.6) is 5.75 Å². The molecule has 2 aromatic carbocycles. The molecule has 8 nitrogen and oxygen atoms in total. The van der Waals surface area contributed by atoms with Crippen LogP contribution in [0.25, 0.3) is 6.08 Å².